The van der Waals surface area contributed by atoms with Crippen molar-refractivity contribution in [3.8, 4) is 0 Å². The standard InChI is InChI=1S/C14H25N3O2/c1-11-13(10-15-7-9-19-4)12(2)17-14(16-11)6-5-8-18-3/h15H,5-10H2,1-4H3. The van der Waals surface area contributed by atoms with Gasteiger partial charge in [-0.3, -0.25) is 0 Å². The molecular formula is C14H25N3O2. The molecule has 0 aromatic carbocycles. The predicted octanol–water partition coefficient (Wildman–Crippen LogP) is 1.41. The molecule has 1 N–H and O–H groups in total. The van der Waals surface area contributed by atoms with E-state index in [1.807, 2.05) is 13.8 Å². The number of hydrogen-bond acceptors (Lipinski definition) is 5. The molecule has 0 saturated heterocycles. The van der Waals surface area contributed by atoms with E-state index in [0.29, 0.717) is 6.61 Å². The lowest BCUT2D eigenvalue weighted by Gasteiger charge is -2.11. The molecule has 0 spiro atoms. The molecule has 0 aliphatic heterocycles. The zero-order valence-corrected chi connectivity index (χ0v) is 12.5. The average Bonchev–Trinajstić information content (AvgIpc) is 2.37. The smallest absolute Gasteiger partial charge is 0.128 e. The van der Waals surface area contributed by atoms with Crippen molar-refractivity contribution < 1.29 is 9.47 Å². The van der Waals surface area contributed by atoms with Gasteiger partial charge in [-0.15, -0.1) is 0 Å². The van der Waals surface area contributed by atoms with Crippen molar-refractivity contribution in [2.24, 2.45) is 0 Å². The summed E-state index contributed by atoms with van der Waals surface area (Å²) in [6.07, 6.45) is 1.83. The van der Waals surface area contributed by atoms with Crippen molar-refractivity contribution in [1.82, 2.24) is 15.3 Å². The van der Waals surface area contributed by atoms with E-state index in [0.717, 1.165) is 49.8 Å². The van der Waals surface area contributed by atoms with Gasteiger partial charge < -0.3 is 14.8 Å². The lowest BCUT2D eigenvalue weighted by Crippen LogP contribution is -2.20. The van der Waals surface area contributed by atoms with Gasteiger partial charge >= 0.3 is 0 Å². The highest BCUT2D eigenvalue weighted by Crippen LogP contribution is 2.11. The van der Waals surface area contributed by atoms with Gasteiger partial charge in [0.25, 0.3) is 0 Å². The molecule has 0 atom stereocenters. The molecule has 0 unspecified atom stereocenters. The molecule has 19 heavy (non-hydrogen) atoms. The van der Waals surface area contributed by atoms with E-state index in [1.54, 1.807) is 14.2 Å². The van der Waals surface area contributed by atoms with Crippen LogP contribution in [0.1, 0.15) is 29.2 Å². The van der Waals surface area contributed by atoms with Gasteiger partial charge in [0.1, 0.15) is 5.82 Å². The van der Waals surface area contributed by atoms with Crippen molar-refractivity contribution in [2.45, 2.75) is 33.2 Å². The van der Waals surface area contributed by atoms with Crippen molar-refractivity contribution in [3.63, 3.8) is 0 Å². The minimum Gasteiger partial charge on any atom is -0.385 e. The number of methoxy groups -OCH3 is 2. The third-order valence-corrected chi connectivity index (χ3v) is 3.00. The van der Waals surface area contributed by atoms with Crippen LogP contribution in [0.3, 0.4) is 0 Å². The second-order valence-corrected chi connectivity index (χ2v) is 4.56. The fourth-order valence-corrected chi connectivity index (χ4v) is 1.94. The van der Waals surface area contributed by atoms with Gasteiger partial charge in [-0.25, -0.2) is 9.97 Å². The summed E-state index contributed by atoms with van der Waals surface area (Å²) < 4.78 is 10.1. The van der Waals surface area contributed by atoms with Crippen LogP contribution in [0.4, 0.5) is 0 Å². The molecule has 5 heteroatoms. The highest BCUT2D eigenvalue weighted by Gasteiger charge is 2.08. The van der Waals surface area contributed by atoms with Gasteiger partial charge in [-0.2, -0.15) is 0 Å². The van der Waals surface area contributed by atoms with Gasteiger partial charge in [0.15, 0.2) is 0 Å². The molecular weight excluding hydrogens is 242 g/mol. The number of aryl methyl sites for hydroxylation is 3. The molecule has 1 heterocycles. The normalized spacial score (nSPS) is 10.9. The fourth-order valence-electron chi connectivity index (χ4n) is 1.94. The lowest BCUT2D eigenvalue weighted by atomic mass is 10.1. The van der Waals surface area contributed by atoms with Crippen LogP contribution in [-0.4, -0.2) is 43.9 Å². The first-order valence-corrected chi connectivity index (χ1v) is 6.70. The Morgan fingerprint density at radius 3 is 2.21 bits per heavy atom. The third-order valence-electron chi connectivity index (χ3n) is 3.00. The lowest BCUT2D eigenvalue weighted by molar-refractivity contribution is 0.194. The predicted molar refractivity (Wildman–Crippen MR) is 75.3 cm³/mol. The molecule has 5 nitrogen and oxygen atoms in total. The molecule has 1 aromatic rings. The zero-order valence-electron chi connectivity index (χ0n) is 12.5. The molecule has 1 aromatic heterocycles. The van der Waals surface area contributed by atoms with Gasteiger partial charge in [-0.05, 0) is 20.3 Å². The van der Waals surface area contributed by atoms with Crippen LogP contribution in [0.2, 0.25) is 0 Å². The first kappa shape index (κ1) is 16.0. The van der Waals surface area contributed by atoms with E-state index in [-0.39, 0.29) is 0 Å². The van der Waals surface area contributed by atoms with E-state index >= 15 is 0 Å². The summed E-state index contributed by atoms with van der Waals surface area (Å²) in [4.78, 5) is 9.13. The molecule has 1 rings (SSSR count). The Labute approximate surface area is 115 Å². The van der Waals surface area contributed by atoms with E-state index in [9.17, 15) is 0 Å². The third kappa shape index (κ3) is 5.63. The quantitative estimate of drug-likeness (QED) is 0.686. The Morgan fingerprint density at radius 2 is 1.63 bits per heavy atom. The Morgan fingerprint density at radius 1 is 1.00 bits per heavy atom. The largest absolute Gasteiger partial charge is 0.385 e. The van der Waals surface area contributed by atoms with Crippen LogP contribution in [0.25, 0.3) is 0 Å². The minimum absolute atomic E-state index is 0.716. The summed E-state index contributed by atoms with van der Waals surface area (Å²) in [6.45, 7) is 7.18. The number of hydrogen-bond donors (Lipinski definition) is 1. The Balaban J connectivity index is 2.58. The molecule has 0 aliphatic carbocycles. The van der Waals surface area contributed by atoms with E-state index in [2.05, 4.69) is 15.3 Å². The van der Waals surface area contributed by atoms with Crippen molar-refractivity contribution in [3.05, 3.63) is 22.8 Å². The molecule has 0 fully saturated rings. The van der Waals surface area contributed by atoms with Crippen LogP contribution in [-0.2, 0) is 22.4 Å². The number of ether oxygens (including phenoxy) is 2. The number of aromatic nitrogens is 2. The molecule has 108 valence electrons. The summed E-state index contributed by atoms with van der Waals surface area (Å²) in [5, 5.41) is 3.33. The summed E-state index contributed by atoms with van der Waals surface area (Å²) in [7, 11) is 3.42. The van der Waals surface area contributed by atoms with Gasteiger partial charge in [-0.1, -0.05) is 0 Å². The van der Waals surface area contributed by atoms with E-state index in [1.165, 1.54) is 5.56 Å². The molecule has 0 saturated carbocycles. The maximum atomic E-state index is 5.05. The van der Waals surface area contributed by atoms with Crippen molar-refractivity contribution >= 4 is 0 Å². The fraction of sp³-hybridized carbons (Fsp3) is 0.714. The second kappa shape index (κ2) is 8.96. The van der Waals surface area contributed by atoms with Crippen molar-refractivity contribution in [2.75, 3.05) is 34.0 Å². The highest BCUT2D eigenvalue weighted by molar-refractivity contribution is 5.24. The van der Waals surface area contributed by atoms with Gasteiger partial charge in [0.2, 0.25) is 0 Å². The molecule has 0 aliphatic rings. The SMILES string of the molecule is COCCCc1nc(C)c(CNCCOC)c(C)n1. The Hall–Kier alpha value is -1.04. The summed E-state index contributed by atoms with van der Waals surface area (Å²) in [5.74, 6) is 0.910. The topological polar surface area (TPSA) is 56.3 Å². The van der Waals surface area contributed by atoms with Gasteiger partial charge in [0.05, 0.1) is 6.61 Å². The second-order valence-electron chi connectivity index (χ2n) is 4.56. The molecule has 0 radical (unpaired) electrons. The number of nitrogens with one attached hydrogen (secondary N) is 1. The van der Waals surface area contributed by atoms with Crippen LogP contribution in [0.15, 0.2) is 0 Å². The van der Waals surface area contributed by atoms with Crippen molar-refractivity contribution in [1.29, 1.82) is 0 Å². The highest BCUT2D eigenvalue weighted by atomic mass is 16.5. The minimum atomic E-state index is 0.716. The Bertz CT molecular complexity index is 360. The van der Waals surface area contributed by atoms with Crippen LogP contribution in [0, 0.1) is 13.8 Å². The van der Waals surface area contributed by atoms with Crippen LogP contribution in [0.5, 0.6) is 0 Å². The number of nitrogens with zero attached hydrogens (tertiary/aromatic N) is 2. The average molecular weight is 267 g/mol. The van der Waals surface area contributed by atoms with Gasteiger partial charge in [0, 0.05) is 57.3 Å². The van der Waals surface area contributed by atoms with Crippen LogP contribution < -0.4 is 5.32 Å². The first-order chi connectivity index (χ1) is 9.19. The van der Waals surface area contributed by atoms with E-state index < -0.39 is 0 Å². The van der Waals surface area contributed by atoms with Crippen LogP contribution >= 0.6 is 0 Å². The Kier molecular flexibility index (Phi) is 7.55. The van der Waals surface area contributed by atoms with E-state index in [4.69, 9.17) is 9.47 Å². The molecule has 0 bridgehead atoms. The number of rotatable bonds is 9. The molecule has 0 amide bonds. The monoisotopic (exact) mass is 267 g/mol. The summed E-state index contributed by atoms with van der Waals surface area (Å²) in [5.41, 5.74) is 3.31. The summed E-state index contributed by atoms with van der Waals surface area (Å²) in [6, 6.07) is 0. The maximum Gasteiger partial charge on any atom is 0.128 e. The summed E-state index contributed by atoms with van der Waals surface area (Å²) >= 11 is 0. The first-order valence-electron chi connectivity index (χ1n) is 6.70. The maximum absolute atomic E-state index is 5.05. The zero-order chi connectivity index (χ0) is 14.1.